The molecular weight excluding hydrogens is 376 g/mol. The second kappa shape index (κ2) is 11.8. The van der Waals surface area contributed by atoms with Gasteiger partial charge in [-0.25, -0.2) is 4.79 Å². The number of carboxylic acid groups (broad SMARTS) is 1. The maximum Gasteiger partial charge on any atom is 0.326 e. The number of amides is 3. The van der Waals surface area contributed by atoms with Crippen LogP contribution in [0.2, 0.25) is 0 Å². The van der Waals surface area contributed by atoms with Crippen LogP contribution in [0.25, 0.3) is 0 Å². The maximum atomic E-state index is 12.3. The molecule has 0 aromatic heterocycles. The molecule has 10 nitrogen and oxygen atoms in total. The van der Waals surface area contributed by atoms with Gasteiger partial charge in [-0.1, -0.05) is 20.3 Å². The van der Waals surface area contributed by atoms with Crippen molar-refractivity contribution in [2.45, 2.75) is 64.4 Å². The molecule has 0 aliphatic carbocycles. The molecule has 0 saturated carbocycles. The van der Waals surface area contributed by atoms with Crippen molar-refractivity contribution in [3.63, 3.8) is 0 Å². The van der Waals surface area contributed by atoms with Crippen LogP contribution in [0.15, 0.2) is 0 Å². The molecule has 3 amide bonds. The summed E-state index contributed by atoms with van der Waals surface area (Å²) in [5.74, 6) is -3.61. The Balaban J connectivity index is 4.99. The summed E-state index contributed by atoms with van der Waals surface area (Å²) in [4.78, 5) is 47.6. The molecule has 0 aromatic rings. The minimum Gasteiger partial charge on any atom is -0.480 e. The van der Waals surface area contributed by atoms with Gasteiger partial charge < -0.3 is 31.9 Å². The van der Waals surface area contributed by atoms with Gasteiger partial charge >= 0.3 is 5.97 Å². The standard InChI is InChI=1S/C16H30N4O6S/c1-5-7(2)11(16(25)26)19-13(22)8(3)18-15(24)12(9(4)21)20-14(23)10(17)6-27/h7-12,21,27H,5-6,17H2,1-4H3,(H,18,24)(H,19,22)(H,20,23)(H,25,26). The lowest BCUT2D eigenvalue weighted by Crippen LogP contribution is -2.59. The monoisotopic (exact) mass is 406 g/mol. The maximum absolute atomic E-state index is 12.3. The topological polar surface area (TPSA) is 171 Å². The minimum atomic E-state index is -1.33. The molecular formula is C16H30N4O6S. The largest absolute Gasteiger partial charge is 0.480 e. The Hall–Kier alpha value is -1.85. The molecule has 11 heteroatoms. The van der Waals surface area contributed by atoms with Crippen LogP contribution in [0.3, 0.4) is 0 Å². The van der Waals surface area contributed by atoms with Gasteiger partial charge in [0.2, 0.25) is 17.7 Å². The summed E-state index contributed by atoms with van der Waals surface area (Å²) in [6.45, 7) is 6.14. The van der Waals surface area contributed by atoms with Gasteiger partial charge in [0.15, 0.2) is 0 Å². The molecule has 0 rings (SSSR count). The van der Waals surface area contributed by atoms with Gasteiger partial charge in [0, 0.05) is 5.75 Å². The molecule has 0 aliphatic heterocycles. The van der Waals surface area contributed by atoms with Gasteiger partial charge in [0.1, 0.15) is 18.1 Å². The van der Waals surface area contributed by atoms with E-state index in [1.54, 1.807) is 13.8 Å². The van der Waals surface area contributed by atoms with Crippen molar-refractivity contribution in [1.29, 1.82) is 0 Å². The number of rotatable bonds is 11. The number of nitrogens with two attached hydrogens (primary N) is 1. The number of carboxylic acids is 1. The van der Waals surface area contributed by atoms with E-state index >= 15 is 0 Å². The van der Waals surface area contributed by atoms with Crippen LogP contribution in [0.1, 0.15) is 34.1 Å². The van der Waals surface area contributed by atoms with Crippen molar-refractivity contribution in [3.8, 4) is 0 Å². The summed E-state index contributed by atoms with van der Waals surface area (Å²) in [6.07, 6.45) is -0.706. The van der Waals surface area contributed by atoms with E-state index in [0.717, 1.165) is 0 Å². The Bertz CT molecular complexity index is 545. The molecule has 6 unspecified atom stereocenters. The van der Waals surface area contributed by atoms with Crippen LogP contribution in [-0.4, -0.2) is 69.9 Å². The highest BCUT2D eigenvalue weighted by molar-refractivity contribution is 7.80. The molecule has 0 heterocycles. The Morgan fingerprint density at radius 3 is 1.89 bits per heavy atom. The third kappa shape index (κ3) is 8.14. The molecule has 6 atom stereocenters. The fourth-order valence-electron chi connectivity index (χ4n) is 2.08. The fourth-order valence-corrected chi connectivity index (χ4v) is 2.24. The van der Waals surface area contributed by atoms with Gasteiger partial charge in [0.05, 0.1) is 12.1 Å². The number of aliphatic hydroxyl groups excluding tert-OH is 1. The van der Waals surface area contributed by atoms with Crippen molar-refractivity contribution in [2.24, 2.45) is 11.7 Å². The summed E-state index contributed by atoms with van der Waals surface area (Å²) in [7, 11) is 0. The van der Waals surface area contributed by atoms with E-state index in [1.807, 2.05) is 0 Å². The Morgan fingerprint density at radius 2 is 1.48 bits per heavy atom. The molecule has 27 heavy (non-hydrogen) atoms. The highest BCUT2D eigenvalue weighted by Crippen LogP contribution is 2.08. The van der Waals surface area contributed by atoms with Gasteiger partial charge in [-0.2, -0.15) is 12.6 Å². The van der Waals surface area contributed by atoms with Gasteiger partial charge in [-0.3, -0.25) is 14.4 Å². The number of aliphatic carboxylic acids is 1. The van der Waals surface area contributed by atoms with Crippen LogP contribution < -0.4 is 21.7 Å². The molecule has 0 aliphatic rings. The number of aliphatic hydroxyl groups is 1. The van der Waals surface area contributed by atoms with Crippen LogP contribution in [0, 0.1) is 5.92 Å². The number of thiol groups is 1. The van der Waals surface area contributed by atoms with Gasteiger partial charge in [-0.15, -0.1) is 0 Å². The third-order valence-electron chi connectivity index (χ3n) is 4.12. The van der Waals surface area contributed by atoms with Crippen molar-refractivity contribution in [2.75, 3.05) is 5.75 Å². The Labute approximate surface area is 164 Å². The molecule has 0 radical (unpaired) electrons. The second-order valence-corrected chi connectivity index (χ2v) is 6.82. The number of nitrogens with one attached hydrogen (secondary N) is 3. The Kier molecular flexibility index (Phi) is 11.0. The summed E-state index contributed by atoms with van der Waals surface area (Å²) in [5, 5.41) is 26.0. The average molecular weight is 407 g/mol. The zero-order valence-corrected chi connectivity index (χ0v) is 16.8. The zero-order valence-electron chi connectivity index (χ0n) is 15.9. The normalized spacial score (nSPS) is 17.6. The number of carbonyl (C=O) groups excluding carboxylic acids is 3. The number of hydrogen-bond donors (Lipinski definition) is 7. The first-order chi connectivity index (χ1) is 12.5. The Morgan fingerprint density at radius 1 is 0.963 bits per heavy atom. The van der Waals surface area contributed by atoms with E-state index in [0.29, 0.717) is 6.42 Å². The second-order valence-electron chi connectivity index (χ2n) is 6.46. The molecule has 0 spiro atoms. The van der Waals surface area contributed by atoms with E-state index in [-0.39, 0.29) is 11.7 Å². The average Bonchev–Trinajstić information content (AvgIpc) is 2.61. The predicted octanol–water partition coefficient (Wildman–Crippen LogP) is -1.77. The van der Waals surface area contributed by atoms with Crippen molar-refractivity contribution < 1.29 is 29.4 Å². The first kappa shape index (κ1) is 25.1. The zero-order chi connectivity index (χ0) is 21.3. The molecule has 7 N–H and O–H groups in total. The summed E-state index contributed by atoms with van der Waals surface area (Å²) in [6, 6.07) is -4.47. The van der Waals surface area contributed by atoms with E-state index in [9.17, 15) is 29.4 Å². The van der Waals surface area contributed by atoms with Gasteiger partial charge in [-0.05, 0) is 19.8 Å². The lowest BCUT2D eigenvalue weighted by Gasteiger charge is -2.25. The highest BCUT2D eigenvalue weighted by Gasteiger charge is 2.31. The lowest BCUT2D eigenvalue weighted by molar-refractivity contribution is -0.143. The molecule has 0 fully saturated rings. The quantitative estimate of drug-likeness (QED) is 0.199. The molecule has 0 saturated heterocycles. The van der Waals surface area contributed by atoms with Crippen LogP contribution >= 0.6 is 12.6 Å². The number of carbonyl (C=O) groups is 4. The summed E-state index contributed by atoms with van der Waals surface area (Å²) in [5.41, 5.74) is 5.52. The highest BCUT2D eigenvalue weighted by atomic mass is 32.1. The predicted molar refractivity (Wildman–Crippen MR) is 102 cm³/mol. The molecule has 0 aromatic carbocycles. The SMILES string of the molecule is CCC(C)C(NC(=O)C(C)NC(=O)C(NC(=O)C(N)CS)C(C)O)C(=O)O. The number of hydrogen-bond acceptors (Lipinski definition) is 7. The summed E-state index contributed by atoms with van der Waals surface area (Å²) >= 11 is 3.89. The van der Waals surface area contributed by atoms with Crippen LogP contribution in [0.5, 0.6) is 0 Å². The van der Waals surface area contributed by atoms with Crippen LogP contribution in [0.4, 0.5) is 0 Å². The molecule has 0 bridgehead atoms. The van der Waals surface area contributed by atoms with E-state index in [1.165, 1.54) is 13.8 Å². The van der Waals surface area contributed by atoms with E-state index < -0.39 is 54.0 Å². The minimum absolute atomic E-state index is 0.0466. The molecule has 156 valence electrons. The van der Waals surface area contributed by atoms with E-state index in [4.69, 9.17) is 5.73 Å². The third-order valence-corrected chi connectivity index (χ3v) is 4.52. The van der Waals surface area contributed by atoms with Crippen LogP contribution in [-0.2, 0) is 19.2 Å². The van der Waals surface area contributed by atoms with Gasteiger partial charge in [0.25, 0.3) is 0 Å². The van der Waals surface area contributed by atoms with Crippen molar-refractivity contribution in [3.05, 3.63) is 0 Å². The summed E-state index contributed by atoms with van der Waals surface area (Å²) < 4.78 is 0. The van der Waals surface area contributed by atoms with Crippen molar-refractivity contribution in [1.82, 2.24) is 16.0 Å². The fraction of sp³-hybridized carbons (Fsp3) is 0.750. The lowest BCUT2D eigenvalue weighted by atomic mass is 9.99. The smallest absolute Gasteiger partial charge is 0.326 e. The first-order valence-corrected chi connectivity index (χ1v) is 9.27. The first-order valence-electron chi connectivity index (χ1n) is 8.64. The van der Waals surface area contributed by atoms with E-state index in [2.05, 4.69) is 28.6 Å². The van der Waals surface area contributed by atoms with Crippen molar-refractivity contribution >= 4 is 36.3 Å².